The molecule has 4 heterocycles. The van der Waals surface area contributed by atoms with Crippen molar-refractivity contribution in [1.29, 1.82) is 0 Å². The van der Waals surface area contributed by atoms with Gasteiger partial charge in [-0.05, 0) is 0 Å². The maximum atomic E-state index is 4.97. The third-order valence-corrected chi connectivity index (χ3v) is 19.7. The van der Waals surface area contributed by atoms with Crippen LogP contribution >= 0.6 is 11.8 Å². The van der Waals surface area contributed by atoms with Gasteiger partial charge in [-0.2, -0.15) is 0 Å². The van der Waals surface area contributed by atoms with Crippen LogP contribution in [-0.4, -0.2) is 28.2 Å². The number of aromatic amines is 1. The van der Waals surface area contributed by atoms with Gasteiger partial charge in [0.1, 0.15) is 0 Å². The molecule has 0 atom stereocenters. The van der Waals surface area contributed by atoms with E-state index in [9.17, 15) is 0 Å². The minimum absolute atomic E-state index is 0.891. The molecule has 3 aromatic carbocycles. The Bertz CT molecular complexity index is 1550. The number of anilines is 3. The summed E-state index contributed by atoms with van der Waals surface area (Å²) >= 11 is -0.716. The maximum absolute atomic E-state index is 4.97. The zero-order valence-corrected chi connectivity index (χ0v) is 23.5. The van der Waals surface area contributed by atoms with Gasteiger partial charge in [0.05, 0.1) is 0 Å². The number of hydrogen-bond donors (Lipinski definition) is 1. The third kappa shape index (κ3) is 4.01. The van der Waals surface area contributed by atoms with Crippen molar-refractivity contribution < 1.29 is 0 Å². The van der Waals surface area contributed by atoms with Gasteiger partial charge in [0.15, 0.2) is 0 Å². The van der Waals surface area contributed by atoms with Gasteiger partial charge in [-0.25, -0.2) is 0 Å². The Labute approximate surface area is 224 Å². The Hall–Kier alpha value is -3.29. The molecule has 0 bridgehead atoms. The monoisotopic (exact) mass is 562 g/mol. The van der Waals surface area contributed by atoms with Crippen LogP contribution in [0, 0.1) is 0 Å². The van der Waals surface area contributed by atoms with Crippen molar-refractivity contribution in [3.63, 3.8) is 0 Å². The molecule has 5 aromatic rings. The summed E-state index contributed by atoms with van der Waals surface area (Å²) in [6.45, 7) is 0. The van der Waals surface area contributed by atoms with Crippen molar-refractivity contribution in [3.8, 4) is 11.4 Å². The molecule has 1 N–H and O–H groups in total. The van der Waals surface area contributed by atoms with Crippen LogP contribution in [0.25, 0.3) is 11.4 Å². The summed E-state index contributed by atoms with van der Waals surface area (Å²) in [5, 5.41) is 2.65. The van der Waals surface area contributed by atoms with E-state index in [1.807, 2.05) is 30.4 Å². The van der Waals surface area contributed by atoms with E-state index in [1.54, 1.807) is 4.40 Å². The number of pyridine rings is 1. The molecule has 1 saturated heterocycles. The molecule has 2 aliphatic rings. The van der Waals surface area contributed by atoms with Gasteiger partial charge in [-0.15, -0.1) is 0 Å². The van der Waals surface area contributed by atoms with Crippen molar-refractivity contribution in [2.75, 3.05) is 4.90 Å². The van der Waals surface area contributed by atoms with Crippen molar-refractivity contribution in [2.45, 2.75) is 39.6 Å². The van der Waals surface area contributed by atoms with Crippen LogP contribution in [0.15, 0.2) is 113 Å². The SMILES string of the molecule is c1cc[c]([Ge]2([c]3ccc4c(c3)N(c3cccc(-c5ncc[nH]5)c3)c3ccccc3S4)[CH2]CCC[CH2]2)nc1. The molecule has 0 unspecified atom stereocenters. The van der Waals surface area contributed by atoms with Crippen molar-refractivity contribution >= 4 is 51.0 Å². The molecule has 2 aromatic heterocycles. The number of aromatic nitrogens is 3. The molecule has 37 heavy (non-hydrogen) atoms. The Morgan fingerprint density at radius 3 is 2.43 bits per heavy atom. The van der Waals surface area contributed by atoms with Crippen LogP contribution in [-0.2, 0) is 0 Å². The van der Waals surface area contributed by atoms with Gasteiger partial charge in [0, 0.05) is 0 Å². The first kappa shape index (κ1) is 22.9. The molecule has 1 fully saturated rings. The van der Waals surface area contributed by atoms with E-state index in [-0.39, 0.29) is 0 Å². The summed E-state index contributed by atoms with van der Waals surface area (Å²) in [4.78, 5) is 17.8. The van der Waals surface area contributed by atoms with E-state index in [4.69, 9.17) is 4.98 Å². The first-order valence-corrected chi connectivity index (χ1v) is 18.9. The van der Waals surface area contributed by atoms with Crippen LogP contribution in [0.5, 0.6) is 0 Å². The molecule has 0 radical (unpaired) electrons. The number of rotatable bonds is 4. The molecule has 4 nitrogen and oxygen atoms in total. The summed E-state index contributed by atoms with van der Waals surface area (Å²) in [6, 6.07) is 31.4. The normalized spacial score (nSPS) is 16.2. The number of imidazole rings is 1. The Balaban J connectivity index is 1.41. The topological polar surface area (TPSA) is 44.8 Å². The predicted molar refractivity (Wildman–Crippen MR) is 156 cm³/mol. The first-order chi connectivity index (χ1) is 18.3. The second-order valence-corrected chi connectivity index (χ2v) is 19.9. The molecule has 2 aliphatic heterocycles. The van der Waals surface area contributed by atoms with Crippen LogP contribution in [0.4, 0.5) is 17.1 Å². The van der Waals surface area contributed by atoms with E-state index >= 15 is 0 Å². The number of para-hydroxylation sites is 1. The average Bonchev–Trinajstić information content (AvgIpc) is 3.52. The van der Waals surface area contributed by atoms with E-state index in [0.717, 1.165) is 17.1 Å². The Morgan fingerprint density at radius 1 is 0.730 bits per heavy atom. The Morgan fingerprint density at radius 2 is 1.59 bits per heavy atom. The van der Waals surface area contributed by atoms with Gasteiger partial charge in [-0.3, -0.25) is 0 Å². The van der Waals surface area contributed by atoms with Crippen LogP contribution in [0.3, 0.4) is 0 Å². The molecule has 0 spiro atoms. The van der Waals surface area contributed by atoms with Gasteiger partial charge in [0.25, 0.3) is 0 Å². The van der Waals surface area contributed by atoms with E-state index in [1.165, 1.54) is 55.5 Å². The molecule has 0 saturated carbocycles. The number of fused-ring (bicyclic) bond motifs is 2. The predicted octanol–water partition coefficient (Wildman–Crippen LogP) is 7.15. The molecular formula is C31H28GeN4S. The number of benzene rings is 3. The number of H-pyrrole nitrogens is 1. The summed E-state index contributed by atoms with van der Waals surface area (Å²) in [7, 11) is 0. The molecular weight excluding hydrogens is 533 g/mol. The zero-order valence-electron chi connectivity index (χ0n) is 20.6. The third-order valence-electron chi connectivity index (χ3n) is 7.82. The molecule has 0 aliphatic carbocycles. The molecule has 182 valence electrons. The van der Waals surface area contributed by atoms with Crippen LogP contribution in [0.2, 0.25) is 10.5 Å². The van der Waals surface area contributed by atoms with Gasteiger partial charge in [0.2, 0.25) is 0 Å². The van der Waals surface area contributed by atoms with Crippen molar-refractivity contribution in [3.05, 3.63) is 104 Å². The molecule has 6 heteroatoms. The summed E-state index contributed by atoms with van der Waals surface area (Å²) < 4.78 is 2.95. The van der Waals surface area contributed by atoms with E-state index < -0.39 is 13.3 Å². The average molecular weight is 561 g/mol. The summed E-state index contributed by atoms with van der Waals surface area (Å²) in [5.41, 5.74) is 4.76. The van der Waals surface area contributed by atoms with Gasteiger partial charge in [-0.1, -0.05) is 0 Å². The van der Waals surface area contributed by atoms with Gasteiger partial charge >= 0.3 is 225 Å². The van der Waals surface area contributed by atoms with E-state index in [2.05, 4.69) is 99.8 Å². The van der Waals surface area contributed by atoms with E-state index in [0.29, 0.717) is 0 Å². The Kier molecular flexibility index (Phi) is 5.90. The van der Waals surface area contributed by atoms with Crippen molar-refractivity contribution in [1.82, 2.24) is 15.0 Å². The molecule has 7 rings (SSSR count). The quantitative estimate of drug-likeness (QED) is 0.232. The van der Waals surface area contributed by atoms with Crippen LogP contribution in [0.1, 0.15) is 19.3 Å². The fraction of sp³-hybridized carbons (Fsp3) is 0.161. The number of nitrogens with one attached hydrogen (secondary N) is 1. The fourth-order valence-electron chi connectivity index (χ4n) is 6.04. The second-order valence-electron chi connectivity index (χ2n) is 9.93. The van der Waals surface area contributed by atoms with Gasteiger partial charge < -0.3 is 0 Å². The number of hydrogen-bond acceptors (Lipinski definition) is 4. The second kappa shape index (κ2) is 9.54. The zero-order chi connectivity index (χ0) is 24.7. The summed E-state index contributed by atoms with van der Waals surface area (Å²) in [5.74, 6) is 0.891. The van der Waals surface area contributed by atoms with Crippen molar-refractivity contribution in [2.24, 2.45) is 0 Å². The fourth-order valence-corrected chi connectivity index (χ4v) is 17.3. The number of nitrogens with zero attached hydrogens (tertiary/aromatic N) is 3. The molecule has 0 amide bonds. The first-order valence-electron chi connectivity index (χ1n) is 13.0. The standard InChI is InChI=1S/C31H28GeN4S/c1-5-16-32(17-6-1,30-13-4-7-18-33-30)24-14-15-29-27(22-24)36(26-11-2-3-12-28(26)37-29)25-10-8-9-23(21-25)31-34-19-20-35-31/h2-4,7-15,18-22H,1,5-6,16-17H2,(H,34,35). The summed E-state index contributed by atoms with van der Waals surface area (Å²) in [6.07, 6.45) is 9.67. The van der Waals surface area contributed by atoms with Crippen LogP contribution < -0.4 is 13.8 Å². The minimum atomic E-state index is -2.59.